The maximum absolute atomic E-state index is 13.1. The lowest BCUT2D eigenvalue weighted by Crippen LogP contribution is -2.27. The number of rotatable bonds is 6. The summed E-state index contributed by atoms with van der Waals surface area (Å²) in [5.74, 6) is 6.39. The number of aromatic nitrogens is 3. The summed E-state index contributed by atoms with van der Waals surface area (Å²) in [6.07, 6.45) is 3.03. The number of anilines is 2. The number of ether oxygens (including phenoxy) is 1. The van der Waals surface area contributed by atoms with Crippen molar-refractivity contribution in [3.05, 3.63) is 90.9 Å². The molecule has 186 valence electrons. The number of hydrogen-bond acceptors (Lipinski definition) is 7. The predicted molar refractivity (Wildman–Crippen MR) is 143 cm³/mol. The average molecular weight is 513 g/mol. The summed E-state index contributed by atoms with van der Waals surface area (Å²) in [5.41, 5.74) is 1.47. The van der Waals surface area contributed by atoms with E-state index in [0.29, 0.717) is 16.9 Å². The Hall–Kier alpha value is -4.23. The lowest BCUT2D eigenvalue weighted by Gasteiger charge is -2.14. The zero-order valence-electron chi connectivity index (χ0n) is 20.2. The van der Waals surface area contributed by atoms with Crippen molar-refractivity contribution in [1.29, 1.82) is 0 Å². The minimum Gasteiger partial charge on any atom is -0.381 e. The van der Waals surface area contributed by atoms with Crippen molar-refractivity contribution in [3.63, 3.8) is 0 Å². The van der Waals surface area contributed by atoms with Gasteiger partial charge in [-0.3, -0.25) is 0 Å². The minimum atomic E-state index is -3.71. The van der Waals surface area contributed by atoms with E-state index in [0.717, 1.165) is 22.0 Å². The van der Waals surface area contributed by atoms with Gasteiger partial charge in [0.1, 0.15) is 17.7 Å². The Morgan fingerprint density at radius 2 is 1.86 bits per heavy atom. The number of fused-ring (bicyclic) bond motifs is 2. The highest BCUT2D eigenvalue weighted by molar-refractivity contribution is 7.90. The molecule has 0 saturated carbocycles. The van der Waals surface area contributed by atoms with Crippen LogP contribution < -0.4 is 5.32 Å². The molecule has 0 amide bonds. The predicted octanol–water partition coefficient (Wildman–Crippen LogP) is 4.31. The van der Waals surface area contributed by atoms with Crippen molar-refractivity contribution in [3.8, 4) is 11.8 Å². The SMILES string of the molecule is COCC(C)(O)C#Cc1ccc2ncnc(Nc3ccc4c(ccn4S(=O)(=O)c4ccccc4)c3)c2c1. The second-order valence-corrected chi connectivity index (χ2v) is 10.6. The molecule has 2 heterocycles. The van der Waals surface area contributed by atoms with Crippen molar-refractivity contribution >= 4 is 43.3 Å². The molecule has 1 atom stereocenters. The van der Waals surface area contributed by atoms with Crippen molar-refractivity contribution in [2.75, 3.05) is 19.0 Å². The number of hydrogen-bond donors (Lipinski definition) is 2. The van der Waals surface area contributed by atoms with Crippen molar-refractivity contribution in [2.24, 2.45) is 0 Å². The van der Waals surface area contributed by atoms with Gasteiger partial charge in [0.25, 0.3) is 10.0 Å². The first kappa shape index (κ1) is 24.5. The zero-order chi connectivity index (χ0) is 26.0. The summed E-state index contributed by atoms with van der Waals surface area (Å²) < 4.78 is 32.5. The molecule has 5 aromatic rings. The molecular weight excluding hydrogens is 488 g/mol. The number of aliphatic hydroxyl groups is 1. The number of nitrogens with one attached hydrogen (secondary N) is 1. The Bertz CT molecular complexity index is 1770. The van der Waals surface area contributed by atoms with E-state index >= 15 is 0 Å². The van der Waals surface area contributed by atoms with Gasteiger partial charge in [0.05, 0.1) is 22.5 Å². The number of methoxy groups -OCH3 is 1. The summed E-state index contributed by atoms with van der Waals surface area (Å²) in [7, 11) is -2.20. The third-order valence-corrected chi connectivity index (χ3v) is 7.46. The highest BCUT2D eigenvalue weighted by atomic mass is 32.2. The molecule has 0 aliphatic heterocycles. The largest absolute Gasteiger partial charge is 0.381 e. The number of benzene rings is 3. The Morgan fingerprint density at radius 1 is 1.05 bits per heavy atom. The fraction of sp³-hybridized carbons (Fsp3) is 0.143. The summed E-state index contributed by atoms with van der Waals surface area (Å²) in [6.45, 7) is 1.69. The van der Waals surface area contributed by atoms with Gasteiger partial charge in [-0.1, -0.05) is 30.0 Å². The molecule has 0 radical (unpaired) electrons. The lowest BCUT2D eigenvalue weighted by atomic mass is 10.1. The molecule has 2 aromatic heterocycles. The summed E-state index contributed by atoms with van der Waals surface area (Å²) in [4.78, 5) is 8.96. The fourth-order valence-corrected chi connectivity index (χ4v) is 5.38. The van der Waals surface area contributed by atoms with Crippen LogP contribution in [0.1, 0.15) is 12.5 Å². The third kappa shape index (κ3) is 5.04. The monoisotopic (exact) mass is 512 g/mol. The van der Waals surface area contributed by atoms with Gasteiger partial charge >= 0.3 is 0 Å². The third-order valence-electron chi connectivity index (χ3n) is 5.75. The molecule has 0 saturated heterocycles. The Kier molecular flexibility index (Phi) is 6.39. The van der Waals surface area contributed by atoms with E-state index in [2.05, 4.69) is 27.1 Å². The topological polar surface area (TPSA) is 106 Å². The Morgan fingerprint density at radius 3 is 2.65 bits per heavy atom. The Balaban J connectivity index is 1.47. The van der Waals surface area contributed by atoms with Crippen LogP contribution in [0.3, 0.4) is 0 Å². The molecule has 8 nitrogen and oxygen atoms in total. The highest BCUT2D eigenvalue weighted by Crippen LogP contribution is 2.28. The molecule has 1 unspecified atom stereocenters. The summed E-state index contributed by atoms with van der Waals surface area (Å²) in [5, 5.41) is 15.1. The van der Waals surface area contributed by atoms with Crippen LogP contribution in [0.25, 0.3) is 21.8 Å². The van der Waals surface area contributed by atoms with Gasteiger partial charge in [-0.2, -0.15) is 0 Å². The van der Waals surface area contributed by atoms with E-state index in [9.17, 15) is 13.5 Å². The quantitative estimate of drug-likeness (QED) is 0.327. The van der Waals surface area contributed by atoms with Crippen molar-refractivity contribution in [2.45, 2.75) is 17.4 Å². The van der Waals surface area contributed by atoms with Crippen LogP contribution in [-0.2, 0) is 14.8 Å². The smallest absolute Gasteiger partial charge is 0.268 e. The summed E-state index contributed by atoms with van der Waals surface area (Å²) in [6, 6.07) is 21.1. The zero-order valence-corrected chi connectivity index (χ0v) is 21.0. The van der Waals surface area contributed by atoms with Gasteiger partial charge < -0.3 is 15.2 Å². The highest BCUT2D eigenvalue weighted by Gasteiger charge is 2.19. The van der Waals surface area contributed by atoms with Crippen molar-refractivity contribution in [1.82, 2.24) is 13.9 Å². The van der Waals surface area contributed by atoms with Crippen LogP contribution in [0, 0.1) is 11.8 Å². The molecule has 3 aromatic carbocycles. The van der Waals surface area contributed by atoms with E-state index in [1.807, 2.05) is 24.3 Å². The molecule has 0 bridgehead atoms. The fourth-order valence-electron chi connectivity index (χ4n) is 4.01. The molecule has 5 rings (SSSR count). The van der Waals surface area contributed by atoms with Crippen LogP contribution in [0.5, 0.6) is 0 Å². The molecular formula is C28H24N4O4S. The summed E-state index contributed by atoms with van der Waals surface area (Å²) >= 11 is 0. The van der Waals surface area contributed by atoms with Gasteiger partial charge in [0.15, 0.2) is 0 Å². The van der Waals surface area contributed by atoms with Gasteiger partial charge in [-0.15, -0.1) is 0 Å². The maximum Gasteiger partial charge on any atom is 0.268 e. The van der Waals surface area contributed by atoms with E-state index < -0.39 is 15.6 Å². The van der Waals surface area contributed by atoms with E-state index in [1.54, 1.807) is 61.7 Å². The molecule has 37 heavy (non-hydrogen) atoms. The molecule has 2 N–H and O–H groups in total. The normalized spacial score (nSPS) is 13.2. The van der Waals surface area contributed by atoms with Gasteiger partial charge in [-0.25, -0.2) is 22.4 Å². The minimum absolute atomic E-state index is 0.0976. The first-order chi connectivity index (χ1) is 17.8. The van der Waals surface area contributed by atoms with Crippen LogP contribution in [0.2, 0.25) is 0 Å². The first-order valence-electron chi connectivity index (χ1n) is 11.4. The first-order valence-corrected chi connectivity index (χ1v) is 12.9. The average Bonchev–Trinajstić information content (AvgIpc) is 3.32. The standard InChI is InChI=1S/C28H24N4O4S/c1-28(33,18-36-2)14-12-20-8-10-25-24(16-20)27(30-19-29-25)31-22-9-11-26-21(17-22)13-15-32(26)37(34,35)23-6-4-3-5-7-23/h3-11,13,15-17,19,33H,18H2,1-2H3,(H,29,30,31). The lowest BCUT2D eigenvalue weighted by molar-refractivity contribution is 0.0274. The van der Waals surface area contributed by atoms with Gasteiger partial charge in [0.2, 0.25) is 0 Å². The van der Waals surface area contributed by atoms with Crippen LogP contribution >= 0.6 is 0 Å². The molecule has 0 spiro atoms. The molecule has 0 aliphatic carbocycles. The molecule has 9 heteroatoms. The molecule has 0 aliphatic rings. The Labute approximate surface area is 214 Å². The second kappa shape index (κ2) is 9.67. The van der Waals surface area contributed by atoms with E-state index in [-0.39, 0.29) is 11.5 Å². The van der Waals surface area contributed by atoms with Gasteiger partial charge in [0, 0.05) is 35.3 Å². The maximum atomic E-state index is 13.1. The van der Waals surface area contributed by atoms with Crippen LogP contribution in [0.15, 0.2) is 90.2 Å². The van der Waals surface area contributed by atoms with Crippen molar-refractivity contribution < 1.29 is 18.3 Å². The van der Waals surface area contributed by atoms with Gasteiger partial charge in [-0.05, 0) is 61.5 Å². The number of nitrogens with zero attached hydrogens (tertiary/aromatic N) is 3. The van der Waals surface area contributed by atoms with E-state index in [4.69, 9.17) is 4.74 Å². The second-order valence-electron chi connectivity index (χ2n) is 8.74. The molecule has 0 fully saturated rings. The van der Waals surface area contributed by atoms with Crippen LogP contribution in [0.4, 0.5) is 11.5 Å². The van der Waals surface area contributed by atoms with Crippen LogP contribution in [-0.4, -0.2) is 46.8 Å². The van der Waals surface area contributed by atoms with E-state index in [1.165, 1.54) is 17.4 Å².